The van der Waals surface area contributed by atoms with Crippen molar-refractivity contribution < 1.29 is 35.2 Å². The number of alkyl halides is 3. The van der Waals surface area contributed by atoms with E-state index in [0.717, 1.165) is 22.9 Å². The molecular formula is C15H13ClF5N3O3S. The standard InChI is InChI=1S/C15H13ClF5N3O3S/c1-7(15(19,20)21)23-28(26,27)11-6-24(2)13(12(11)16)14(25)22-8-3-4-9(17)10(18)5-8/h3-7,23H,1-2H3,(H,22,25). The van der Waals surface area contributed by atoms with Gasteiger partial charge >= 0.3 is 6.18 Å². The molecule has 0 saturated heterocycles. The zero-order valence-corrected chi connectivity index (χ0v) is 15.8. The number of sulfonamides is 1. The van der Waals surface area contributed by atoms with Crippen molar-refractivity contribution in [2.75, 3.05) is 5.32 Å². The molecule has 1 atom stereocenters. The fourth-order valence-corrected chi connectivity index (χ4v) is 4.07. The van der Waals surface area contributed by atoms with Gasteiger partial charge in [-0.25, -0.2) is 17.2 Å². The molecule has 0 spiro atoms. The molecule has 0 saturated carbocycles. The molecule has 2 aromatic rings. The van der Waals surface area contributed by atoms with E-state index in [1.54, 1.807) is 0 Å². The van der Waals surface area contributed by atoms with Crippen LogP contribution in [-0.4, -0.2) is 31.1 Å². The van der Waals surface area contributed by atoms with E-state index >= 15 is 0 Å². The molecule has 0 bridgehead atoms. The summed E-state index contributed by atoms with van der Waals surface area (Å²) in [4.78, 5) is 11.6. The zero-order valence-electron chi connectivity index (χ0n) is 14.2. The summed E-state index contributed by atoms with van der Waals surface area (Å²) >= 11 is 5.91. The lowest BCUT2D eigenvalue weighted by Crippen LogP contribution is -2.42. The summed E-state index contributed by atoms with van der Waals surface area (Å²) in [6, 6.07) is 0.106. The fraction of sp³-hybridized carbons (Fsp3) is 0.267. The van der Waals surface area contributed by atoms with Gasteiger partial charge in [0.1, 0.15) is 16.6 Å². The number of hydrogen-bond acceptors (Lipinski definition) is 3. The monoisotopic (exact) mass is 445 g/mol. The molecule has 1 aromatic heterocycles. The van der Waals surface area contributed by atoms with E-state index in [4.69, 9.17) is 11.6 Å². The molecule has 1 unspecified atom stereocenters. The molecule has 1 heterocycles. The van der Waals surface area contributed by atoms with Gasteiger partial charge < -0.3 is 9.88 Å². The number of amides is 1. The third kappa shape index (κ3) is 4.62. The van der Waals surface area contributed by atoms with Crippen LogP contribution in [0.2, 0.25) is 5.02 Å². The third-order valence-corrected chi connectivity index (χ3v) is 5.64. The van der Waals surface area contributed by atoms with Crippen molar-refractivity contribution in [1.29, 1.82) is 0 Å². The molecule has 1 amide bonds. The van der Waals surface area contributed by atoms with Crippen molar-refractivity contribution >= 4 is 33.2 Å². The Morgan fingerprint density at radius 1 is 1.21 bits per heavy atom. The SMILES string of the molecule is CC(NS(=O)(=O)c1cn(C)c(C(=O)Nc2ccc(F)c(F)c2)c1Cl)C(F)(F)F. The summed E-state index contributed by atoms with van der Waals surface area (Å²) in [6.07, 6.45) is -3.98. The maximum absolute atomic E-state index is 13.2. The second kappa shape index (κ2) is 7.68. The summed E-state index contributed by atoms with van der Waals surface area (Å²) in [5, 5.41) is 1.56. The van der Waals surface area contributed by atoms with Gasteiger partial charge in [-0.3, -0.25) is 4.79 Å². The summed E-state index contributed by atoms with van der Waals surface area (Å²) in [5.41, 5.74) is -0.555. The van der Waals surface area contributed by atoms with E-state index in [9.17, 15) is 35.2 Å². The molecule has 6 nitrogen and oxygen atoms in total. The fourth-order valence-electron chi connectivity index (χ4n) is 2.14. The van der Waals surface area contributed by atoms with Crippen LogP contribution in [0.4, 0.5) is 27.6 Å². The van der Waals surface area contributed by atoms with Gasteiger partial charge in [-0.15, -0.1) is 0 Å². The van der Waals surface area contributed by atoms with Crippen LogP contribution in [0, 0.1) is 11.6 Å². The zero-order chi connectivity index (χ0) is 21.4. The Hall–Kier alpha value is -2.18. The largest absolute Gasteiger partial charge is 0.404 e. The van der Waals surface area contributed by atoms with Gasteiger partial charge in [-0.05, 0) is 19.1 Å². The summed E-state index contributed by atoms with van der Waals surface area (Å²) in [6.45, 7) is 0.602. The summed E-state index contributed by atoms with van der Waals surface area (Å²) in [5.74, 6) is -3.36. The van der Waals surface area contributed by atoms with Crippen LogP contribution in [0.25, 0.3) is 0 Å². The number of aryl methyl sites for hydroxylation is 1. The first-order valence-corrected chi connectivity index (χ1v) is 9.30. The molecule has 0 aliphatic carbocycles. The number of nitrogens with zero attached hydrogens (tertiary/aromatic N) is 1. The molecule has 28 heavy (non-hydrogen) atoms. The number of carbonyl (C=O) groups excluding carboxylic acids is 1. The van der Waals surface area contributed by atoms with E-state index in [-0.39, 0.29) is 5.69 Å². The van der Waals surface area contributed by atoms with Crippen LogP contribution in [-0.2, 0) is 17.1 Å². The Kier molecular flexibility index (Phi) is 6.07. The highest BCUT2D eigenvalue weighted by Gasteiger charge is 2.40. The minimum atomic E-state index is -4.83. The number of anilines is 1. The van der Waals surface area contributed by atoms with Gasteiger partial charge in [-0.2, -0.15) is 17.9 Å². The van der Waals surface area contributed by atoms with Gasteiger partial charge in [0.05, 0.1) is 5.02 Å². The van der Waals surface area contributed by atoms with E-state index < -0.39 is 55.4 Å². The molecule has 1 aromatic carbocycles. The van der Waals surface area contributed by atoms with Crippen LogP contribution in [0.1, 0.15) is 17.4 Å². The number of rotatable bonds is 5. The van der Waals surface area contributed by atoms with Gasteiger partial charge in [0, 0.05) is 25.0 Å². The minimum Gasteiger partial charge on any atom is -0.344 e. The van der Waals surface area contributed by atoms with E-state index in [0.29, 0.717) is 13.0 Å². The van der Waals surface area contributed by atoms with E-state index in [1.807, 2.05) is 0 Å². The van der Waals surface area contributed by atoms with Gasteiger partial charge in [0.25, 0.3) is 5.91 Å². The molecule has 13 heteroatoms. The Morgan fingerprint density at radius 3 is 2.36 bits per heavy atom. The first kappa shape index (κ1) is 22.1. The number of hydrogen-bond donors (Lipinski definition) is 2. The Balaban J connectivity index is 2.34. The van der Waals surface area contributed by atoms with E-state index in [1.165, 1.54) is 11.8 Å². The van der Waals surface area contributed by atoms with Crippen molar-refractivity contribution in [3.05, 3.63) is 46.7 Å². The van der Waals surface area contributed by atoms with Crippen molar-refractivity contribution in [3.63, 3.8) is 0 Å². The van der Waals surface area contributed by atoms with E-state index in [2.05, 4.69) is 5.32 Å². The minimum absolute atomic E-state index is 0.144. The van der Waals surface area contributed by atoms with Crippen LogP contribution >= 0.6 is 11.6 Å². The topological polar surface area (TPSA) is 80.2 Å². The van der Waals surface area contributed by atoms with Crippen LogP contribution in [0.3, 0.4) is 0 Å². The average molecular weight is 446 g/mol. The smallest absolute Gasteiger partial charge is 0.344 e. The molecule has 2 N–H and O–H groups in total. The Bertz CT molecular complexity index is 1020. The van der Waals surface area contributed by atoms with Crippen molar-refractivity contribution in [1.82, 2.24) is 9.29 Å². The van der Waals surface area contributed by atoms with Crippen molar-refractivity contribution in [2.24, 2.45) is 7.05 Å². The first-order valence-electron chi connectivity index (χ1n) is 7.44. The van der Waals surface area contributed by atoms with Crippen LogP contribution in [0.15, 0.2) is 29.3 Å². The quantitative estimate of drug-likeness (QED) is 0.692. The number of benzene rings is 1. The lowest BCUT2D eigenvalue weighted by Gasteiger charge is -2.16. The second-order valence-electron chi connectivity index (χ2n) is 5.73. The normalized spacial score (nSPS) is 13.4. The number of nitrogens with one attached hydrogen (secondary N) is 2. The Morgan fingerprint density at radius 2 is 1.82 bits per heavy atom. The third-order valence-electron chi connectivity index (χ3n) is 3.59. The lowest BCUT2D eigenvalue weighted by molar-refractivity contribution is -0.147. The number of aromatic nitrogens is 1. The lowest BCUT2D eigenvalue weighted by atomic mass is 10.3. The molecule has 154 valence electrons. The maximum atomic E-state index is 13.2. The first-order chi connectivity index (χ1) is 12.7. The number of carbonyl (C=O) groups is 1. The average Bonchev–Trinajstić information content (AvgIpc) is 2.85. The molecule has 0 fully saturated rings. The molecule has 2 rings (SSSR count). The molecule has 0 aliphatic rings. The molecule has 0 radical (unpaired) electrons. The van der Waals surface area contributed by atoms with Crippen LogP contribution < -0.4 is 10.0 Å². The molecule has 0 aliphatic heterocycles. The second-order valence-corrected chi connectivity index (χ2v) is 7.79. The maximum Gasteiger partial charge on any atom is 0.404 e. The summed E-state index contributed by atoms with van der Waals surface area (Å²) in [7, 11) is -3.47. The summed E-state index contributed by atoms with van der Waals surface area (Å²) < 4.78 is 90.9. The van der Waals surface area contributed by atoms with Gasteiger partial charge in [0.2, 0.25) is 10.0 Å². The predicted octanol–water partition coefficient (Wildman–Crippen LogP) is 3.44. The van der Waals surface area contributed by atoms with Crippen molar-refractivity contribution in [2.45, 2.75) is 24.0 Å². The predicted molar refractivity (Wildman–Crippen MR) is 90.6 cm³/mol. The van der Waals surface area contributed by atoms with Gasteiger partial charge in [-0.1, -0.05) is 11.6 Å². The van der Waals surface area contributed by atoms with Gasteiger partial charge in [0.15, 0.2) is 11.6 Å². The van der Waals surface area contributed by atoms with Crippen LogP contribution in [0.5, 0.6) is 0 Å². The highest BCUT2D eigenvalue weighted by Crippen LogP contribution is 2.29. The number of halogens is 6. The highest BCUT2D eigenvalue weighted by molar-refractivity contribution is 7.89. The Labute approximate surface area is 161 Å². The highest BCUT2D eigenvalue weighted by atomic mass is 35.5. The molecular weight excluding hydrogens is 433 g/mol. The van der Waals surface area contributed by atoms with Crippen molar-refractivity contribution in [3.8, 4) is 0 Å².